The Bertz CT molecular complexity index is 407. The summed E-state index contributed by atoms with van der Waals surface area (Å²) in [6.07, 6.45) is 5.06. The maximum absolute atomic E-state index is 12.3. The second-order valence-electron chi connectivity index (χ2n) is 4.93. The number of carbonyl (C=O) groups is 1. The van der Waals surface area contributed by atoms with Crippen molar-refractivity contribution in [3.63, 3.8) is 0 Å². The van der Waals surface area contributed by atoms with Crippen molar-refractivity contribution in [2.24, 2.45) is 7.05 Å². The number of carbonyl (C=O) groups excluding carboxylic acids is 1. The Hall–Kier alpha value is -1.36. The molecule has 1 unspecified atom stereocenters. The zero-order chi connectivity index (χ0) is 13.1. The first-order valence-corrected chi connectivity index (χ1v) is 6.67. The number of likely N-dealkylation sites (N-methyl/N-ethyl adjacent to an activating group) is 1. The van der Waals surface area contributed by atoms with E-state index >= 15 is 0 Å². The van der Waals surface area contributed by atoms with Gasteiger partial charge < -0.3 is 5.32 Å². The van der Waals surface area contributed by atoms with Crippen LogP contribution in [0.5, 0.6) is 0 Å². The standard InChI is InChI=1S/C13H22N4O/c1-4-17-8-6-5-7-11(17)13(18)15-12-10(2)9-14-16(12)3/h9,11H,4-8H2,1-3H3,(H,15,18). The molecule has 1 aliphatic heterocycles. The van der Waals surface area contributed by atoms with Gasteiger partial charge in [-0.15, -0.1) is 0 Å². The number of rotatable bonds is 3. The first-order chi connectivity index (χ1) is 8.63. The number of hydrogen-bond acceptors (Lipinski definition) is 3. The molecule has 0 aliphatic carbocycles. The van der Waals surface area contributed by atoms with E-state index in [0.717, 1.165) is 37.3 Å². The van der Waals surface area contributed by atoms with Gasteiger partial charge in [-0.25, -0.2) is 0 Å². The molecule has 0 bridgehead atoms. The summed E-state index contributed by atoms with van der Waals surface area (Å²) in [5.41, 5.74) is 1.00. The summed E-state index contributed by atoms with van der Waals surface area (Å²) < 4.78 is 1.71. The van der Waals surface area contributed by atoms with Crippen molar-refractivity contribution in [3.8, 4) is 0 Å². The minimum atomic E-state index is 0.0121. The topological polar surface area (TPSA) is 50.2 Å². The summed E-state index contributed by atoms with van der Waals surface area (Å²) in [7, 11) is 1.85. The Labute approximate surface area is 108 Å². The van der Waals surface area contributed by atoms with E-state index in [1.165, 1.54) is 6.42 Å². The number of aromatic nitrogens is 2. The van der Waals surface area contributed by atoms with Gasteiger partial charge in [0.05, 0.1) is 12.2 Å². The third-order valence-corrected chi connectivity index (χ3v) is 3.69. The highest BCUT2D eigenvalue weighted by atomic mass is 16.2. The molecule has 18 heavy (non-hydrogen) atoms. The lowest BCUT2D eigenvalue weighted by Gasteiger charge is -2.33. The fourth-order valence-electron chi connectivity index (χ4n) is 2.59. The maximum Gasteiger partial charge on any atom is 0.242 e. The zero-order valence-corrected chi connectivity index (χ0v) is 11.4. The zero-order valence-electron chi connectivity index (χ0n) is 11.4. The quantitative estimate of drug-likeness (QED) is 0.885. The van der Waals surface area contributed by atoms with Crippen molar-refractivity contribution in [1.29, 1.82) is 0 Å². The van der Waals surface area contributed by atoms with Gasteiger partial charge in [0.2, 0.25) is 5.91 Å². The number of nitrogens with one attached hydrogen (secondary N) is 1. The Morgan fingerprint density at radius 2 is 2.33 bits per heavy atom. The molecule has 1 amide bonds. The van der Waals surface area contributed by atoms with E-state index in [1.807, 2.05) is 14.0 Å². The normalized spacial score (nSPS) is 20.9. The summed E-state index contributed by atoms with van der Waals surface area (Å²) in [4.78, 5) is 14.6. The van der Waals surface area contributed by atoms with Crippen LogP contribution < -0.4 is 5.32 Å². The molecule has 1 aromatic rings. The van der Waals surface area contributed by atoms with Gasteiger partial charge in [0.1, 0.15) is 5.82 Å². The second-order valence-corrected chi connectivity index (χ2v) is 4.93. The Morgan fingerprint density at radius 1 is 1.56 bits per heavy atom. The molecule has 1 aromatic heterocycles. The molecule has 5 nitrogen and oxygen atoms in total. The molecule has 0 aromatic carbocycles. The largest absolute Gasteiger partial charge is 0.309 e. The van der Waals surface area contributed by atoms with Crippen molar-refractivity contribution in [2.45, 2.75) is 39.2 Å². The summed E-state index contributed by atoms with van der Waals surface area (Å²) in [6, 6.07) is 0.0121. The van der Waals surface area contributed by atoms with Crippen LogP contribution in [0.1, 0.15) is 31.7 Å². The number of likely N-dealkylation sites (tertiary alicyclic amines) is 1. The number of hydrogen-bond donors (Lipinski definition) is 1. The summed E-state index contributed by atoms with van der Waals surface area (Å²) >= 11 is 0. The molecule has 1 saturated heterocycles. The lowest BCUT2D eigenvalue weighted by Crippen LogP contribution is -2.47. The molecular weight excluding hydrogens is 228 g/mol. The van der Waals surface area contributed by atoms with Crippen LogP contribution in [0.3, 0.4) is 0 Å². The van der Waals surface area contributed by atoms with Gasteiger partial charge in [-0.2, -0.15) is 5.10 Å². The van der Waals surface area contributed by atoms with Gasteiger partial charge in [-0.3, -0.25) is 14.4 Å². The molecule has 0 radical (unpaired) electrons. The number of aryl methyl sites for hydroxylation is 2. The van der Waals surface area contributed by atoms with E-state index in [9.17, 15) is 4.79 Å². The van der Waals surface area contributed by atoms with Crippen LogP contribution in [0.4, 0.5) is 5.82 Å². The van der Waals surface area contributed by atoms with Crippen LogP contribution in [0, 0.1) is 6.92 Å². The SMILES string of the molecule is CCN1CCCCC1C(=O)Nc1c(C)cnn1C. The van der Waals surface area contributed by atoms with Crippen LogP contribution in [-0.2, 0) is 11.8 Å². The molecule has 1 atom stereocenters. The highest BCUT2D eigenvalue weighted by Gasteiger charge is 2.28. The van der Waals surface area contributed by atoms with Gasteiger partial charge in [-0.1, -0.05) is 13.3 Å². The number of piperidine rings is 1. The maximum atomic E-state index is 12.3. The fraction of sp³-hybridized carbons (Fsp3) is 0.692. The lowest BCUT2D eigenvalue weighted by atomic mass is 10.0. The monoisotopic (exact) mass is 250 g/mol. The smallest absolute Gasteiger partial charge is 0.242 e. The number of anilines is 1. The van der Waals surface area contributed by atoms with E-state index in [-0.39, 0.29) is 11.9 Å². The number of nitrogens with zero attached hydrogens (tertiary/aromatic N) is 3. The van der Waals surface area contributed by atoms with E-state index in [2.05, 4.69) is 22.2 Å². The van der Waals surface area contributed by atoms with Gasteiger partial charge in [-0.05, 0) is 32.9 Å². The molecular formula is C13H22N4O. The highest BCUT2D eigenvalue weighted by Crippen LogP contribution is 2.19. The minimum Gasteiger partial charge on any atom is -0.309 e. The van der Waals surface area contributed by atoms with Crippen molar-refractivity contribution >= 4 is 11.7 Å². The molecule has 1 aliphatic rings. The molecule has 2 rings (SSSR count). The van der Waals surface area contributed by atoms with Crippen molar-refractivity contribution in [2.75, 3.05) is 18.4 Å². The second kappa shape index (κ2) is 5.52. The van der Waals surface area contributed by atoms with Crippen LogP contribution in [0.2, 0.25) is 0 Å². The van der Waals surface area contributed by atoms with E-state index < -0.39 is 0 Å². The van der Waals surface area contributed by atoms with Gasteiger partial charge in [0.25, 0.3) is 0 Å². The van der Waals surface area contributed by atoms with Crippen molar-refractivity contribution < 1.29 is 4.79 Å². The fourth-order valence-corrected chi connectivity index (χ4v) is 2.59. The van der Waals surface area contributed by atoms with Gasteiger partial charge >= 0.3 is 0 Å². The highest BCUT2D eigenvalue weighted by molar-refractivity contribution is 5.94. The molecule has 2 heterocycles. The number of amides is 1. The average Bonchev–Trinajstić information content (AvgIpc) is 2.70. The molecule has 1 N–H and O–H groups in total. The van der Waals surface area contributed by atoms with E-state index in [4.69, 9.17) is 0 Å². The van der Waals surface area contributed by atoms with E-state index in [1.54, 1.807) is 10.9 Å². The predicted molar refractivity (Wildman–Crippen MR) is 71.5 cm³/mol. The Kier molecular flexibility index (Phi) is 4.01. The predicted octanol–water partition coefficient (Wildman–Crippen LogP) is 1.54. The summed E-state index contributed by atoms with van der Waals surface area (Å²) in [6.45, 7) is 6.03. The molecule has 100 valence electrons. The Morgan fingerprint density at radius 3 is 2.94 bits per heavy atom. The third-order valence-electron chi connectivity index (χ3n) is 3.69. The van der Waals surface area contributed by atoms with Crippen LogP contribution in [0.25, 0.3) is 0 Å². The average molecular weight is 250 g/mol. The first-order valence-electron chi connectivity index (χ1n) is 6.67. The molecule has 0 saturated carbocycles. The lowest BCUT2D eigenvalue weighted by molar-refractivity contribution is -0.122. The van der Waals surface area contributed by atoms with Crippen molar-refractivity contribution in [3.05, 3.63) is 11.8 Å². The van der Waals surface area contributed by atoms with Gasteiger partial charge in [0, 0.05) is 12.6 Å². The molecule has 0 spiro atoms. The van der Waals surface area contributed by atoms with Crippen LogP contribution in [0.15, 0.2) is 6.20 Å². The first kappa shape index (κ1) is 13.1. The van der Waals surface area contributed by atoms with Gasteiger partial charge in [0.15, 0.2) is 0 Å². The Balaban J connectivity index is 2.07. The summed E-state index contributed by atoms with van der Waals surface area (Å²) in [5, 5.41) is 7.15. The van der Waals surface area contributed by atoms with Crippen LogP contribution in [-0.4, -0.2) is 39.7 Å². The molecule has 5 heteroatoms. The molecule has 1 fully saturated rings. The summed E-state index contributed by atoms with van der Waals surface area (Å²) in [5.74, 6) is 0.907. The minimum absolute atomic E-state index is 0.0121. The van der Waals surface area contributed by atoms with E-state index in [0.29, 0.717) is 0 Å². The van der Waals surface area contributed by atoms with Crippen molar-refractivity contribution in [1.82, 2.24) is 14.7 Å². The van der Waals surface area contributed by atoms with Crippen LogP contribution >= 0.6 is 0 Å². The third kappa shape index (κ3) is 2.56.